The first kappa shape index (κ1) is 26.4. The molecule has 4 aliphatic carbocycles. The van der Waals surface area contributed by atoms with E-state index in [9.17, 15) is 14.4 Å². The minimum Gasteiger partial charge on any atom is -0.469 e. The number of benzene rings is 1. The van der Waals surface area contributed by atoms with Crippen molar-refractivity contribution >= 4 is 17.7 Å². The van der Waals surface area contributed by atoms with Crippen molar-refractivity contribution in [2.45, 2.75) is 91.1 Å². The number of methoxy groups -OCH3 is 1. The number of carbonyl (C=O) groups is 3. The van der Waals surface area contributed by atoms with Crippen molar-refractivity contribution in [2.75, 3.05) is 7.11 Å². The Labute approximate surface area is 222 Å². The summed E-state index contributed by atoms with van der Waals surface area (Å²) in [5.74, 6) is 2.85. The summed E-state index contributed by atoms with van der Waals surface area (Å²) in [4.78, 5) is 37.7. The van der Waals surface area contributed by atoms with Crippen LogP contribution in [0.25, 0.3) is 0 Å². The molecule has 4 fully saturated rings. The Morgan fingerprint density at radius 3 is 2.54 bits per heavy atom. The summed E-state index contributed by atoms with van der Waals surface area (Å²) in [7, 11) is 1.45. The molecule has 0 aromatic heterocycles. The van der Waals surface area contributed by atoms with Crippen molar-refractivity contribution in [1.29, 1.82) is 0 Å². The van der Waals surface area contributed by atoms with Gasteiger partial charge in [0.15, 0.2) is 0 Å². The van der Waals surface area contributed by atoms with E-state index in [0.717, 1.165) is 44.9 Å². The third-order valence-corrected chi connectivity index (χ3v) is 11.6. The molecule has 0 aliphatic heterocycles. The van der Waals surface area contributed by atoms with Gasteiger partial charge in [-0.05, 0) is 98.0 Å². The molecule has 202 valence electrons. The zero-order valence-corrected chi connectivity index (χ0v) is 23.0. The highest BCUT2D eigenvalue weighted by Gasteiger charge is 2.65. The highest BCUT2D eigenvalue weighted by Crippen LogP contribution is 2.68. The normalized spacial score (nSPS) is 39.6. The van der Waals surface area contributed by atoms with Gasteiger partial charge >= 0.3 is 11.9 Å². The fourth-order valence-electron chi connectivity index (χ4n) is 9.54. The fraction of sp³-hybridized carbons (Fsp3) is 0.719. The molecule has 4 saturated carbocycles. The second kappa shape index (κ2) is 10.2. The van der Waals surface area contributed by atoms with Crippen LogP contribution in [0.2, 0.25) is 0 Å². The number of hydrogen-bond donors (Lipinski definition) is 0. The second-order valence-electron chi connectivity index (χ2n) is 13.0. The molecular weight excluding hydrogens is 464 g/mol. The Bertz CT molecular complexity index is 1020. The number of hydrogen-bond acceptors (Lipinski definition) is 5. The van der Waals surface area contributed by atoms with Crippen molar-refractivity contribution in [1.82, 2.24) is 0 Å². The third kappa shape index (κ3) is 4.55. The molecule has 0 amide bonds. The maximum Gasteiger partial charge on any atom is 0.338 e. The summed E-state index contributed by atoms with van der Waals surface area (Å²) in [6.45, 7) is 7.10. The van der Waals surface area contributed by atoms with Crippen LogP contribution in [0.1, 0.15) is 95.3 Å². The first-order chi connectivity index (χ1) is 17.7. The standard InChI is InChI=1S/C32H44O5/c1-20(10-15-29(34)36-4)25-13-14-26-24-12-11-22-18-23(33)16-17-31(22,2)27(24)19-28(32(25,26)3)37-30(35)21-8-6-5-7-9-21/h5-9,20,22,24-28H,10-19H2,1-4H3/t20?,22?,24?,25?,26?,27?,28-,31-,32+/m0/s1. The van der Waals surface area contributed by atoms with Crippen LogP contribution in [-0.4, -0.2) is 30.9 Å². The Morgan fingerprint density at radius 2 is 1.81 bits per heavy atom. The zero-order valence-electron chi connectivity index (χ0n) is 23.0. The van der Waals surface area contributed by atoms with Gasteiger partial charge in [0.05, 0.1) is 12.7 Å². The summed E-state index contributed by atoms with van der Waals surface area (Å²) in [5.41, 5.74) is 0.632. The van der Waals surface area contributed by atoms with E-state index < -0.39 is 0 Å². The van der Waals surface area contributed by atoms with E-state index in [0.29, 0.717) is 59.7 Å². The van der Waals surface area contributed by atoms with Crippen LogP contribution in [0.5, 0.6) is 0 Å². The number of ether oxygens (including phenoxy) is 2. The molecule has 4 aliphatic rings. The maximum absolute atomic E-state index is 13.4. The molecule has 5 rings (SSSR count). The molecule has 0 radical (unpaired) electrons. The average molecular weight is 509 g/mol. The Morgan fingerprint density at radius 1 is 1.05 bits per heavy atom. The van der Waals surface area contributed by atoms with E-state index in [1.54, 1.807) is 0 Å². The van der Waals surface area contributed by atoms with E-state index in [2.05, 4.69) is 20.8 Å². The van der Waals surface area contributed by atoms with E-state index in [4.69, 9.17) is 9.47 Å². The number of fused-ring (bicyclic) bond motifs is 5. The van der Waals surface area contributed by atoms with Gasteiger partial charge in [-0.15, -0.1) is 0 Å². The van der Waals surface area contributed by atoms with Gasteiger partial charge in [-0.1, -0.05) is 39.0 Å². The highest BCUT2D eigenvalue weighted by atomic mass is 16.5. The second-order valence-corrected chi connectivity index (χ2v) is 13.0. The lowest BCUT2D eigenvalue weighted by Crippen LogP contribution is -2.59. The minimum atomic E-state index is -0.228. The number of esters is 2. The zero-order chi connectivity index (χ0) is 26.4. The molecule has 5 nitrogen and oxygen atoms in total. The molecule has 1 aromatic rings. The van der Waals surface area contributed by atoms with Gasteiger partial charge in [-0.25, -0.2) is 4.79 Å². The van der Waals surface area contributed by atoms with E-state index in [1.165, 1.54) is 13.5 Å². The number of Topliss-reactive ketones (excluding diaryl/α,β-unsaturated/α-hetero) is 1. The molecule has 5 heteroatoms. The summed E-state index contributed by atoms with van der Waals surface area (Å²) in [5, 5.41) is 0. The van der Waals surface area contributed by atoms with Crippen LogP contribution in [0, 0.1) is 46.3 Å². The molecule has 6 unspecified atom stereocenters. The van der Waals surface area contributed by atoms with E-state index >= 15 is 0 Å². The van der Waals surface area contributed by atoms with Gasteiger partial charge in [-0.2, -0.15) is 0 Å². The number of carbonyl (C=O) groups excluding carboxylic acids is 3. The molecular formula is C32H44O5. The van der Waals surface area contributed by atoms with Gasteiger partial charge in [0.2, 0.25) is 0 Å². The van der Waals surface area contributed by atoms with Crippen LogP contribution in [0.4, 0.5) is 0 Å². The molecule has 0 N–H and O–H groups in total. The average Bonchev–Trinajstić information content (AvgIpc) is 3.26. The van der Waals surface area contributed by atoms with Crippen molar-refractivity contribution in [3.8, 4) is 0 Å². The molecule has 0 heterocycles. The molecule has 9 atom stereocenters. The lowest BCUT2D eigenvalue weighted by atomic mass is 9.43. The number of ketones is 1. The van der Waals surface area contributed by atoms with Gasteiger partial charge in [-0.3, -0.25) is 9.59 Å². The Balaban J connectivity index is 1.47. The van der Waals surface area contributed by atoms with Gasteiger partial charge < -0.3 is 9.47 Å². The van der Waals surface area contributed by atoms with Crippen molar-refractivity contribution in [3.05, 3.63) is 35.9 Å². The minimum absolute atomic E-state index is 0.116. The molecule has 0 bridgehead atoms. The predicted octanol–water partition coefficient (Wildman–Crippen LogP) is 6.64. The lowest BCUT2D eigenvalue weighted by Gasteiger charge is -2.62. The Kier molecular flexibility index (Phi) is 7.28. The largest absolute Gasteiger partial charge is 0.469 e. The Hall–Kier alpha value is -2.17. The SMILES string of the molecule is COC(=O)CCC(C)C1CCC2C3CCC4CC(=O)CC[C@]4(C)C3C[C@H](OC(=O)c3ccccc3)[C@]12C. The smallest absolute Gasteiger partial charge is 0.338 e. The summed E-state index contributed by atoms with van der Waals surface area (Å²) in [6.07, 6.45) is 8.95. The highest BCUT2D eigenvalue weighted by molar-refractivity contribution is 5.89. The predicted molar refractivity (Wildman–Crippen MR) is 142 cm³/mol. The fourth-order valence-corrected chi connectivity index (χ4v) is 9.54. The van der Waals surface area contributed by atoms with Crippen molar-refractivity contribution in [3.63, 3.8) is 0 Å². The van der Waals surface area contributed by atoms with Crippen LogP contribution in [0.15, 0.2) is 30.3 Å². The molecule has 0 spiro atoms. The number of rotatable bonds is 6. The summed E-state index contributed by atoms with van der Waals surface area (Å²) < 4.78 is 11.4. The van der Waals surface area contributed by atoms with Crippen LogP contribution in [0.3, 0.4) is 0 Å². The van der Waals surface area contributed by atoms with Crippen LogP contribution in [-0.2, 0) is 19.1 Å². The topological polar surface area (TPSA) is 69.7 Å². The van der Waals surface area contributed by atoms with E-state index in [-0.39, 0.29) is 28.9 Å². The quantitative estimate of drug-likeness (QED) is 0.403. The maximum atomic E-state index is 13.4. The van der Waals surface area contributed by atoms with Gasteiger partial charge in [0, 0.05) is 24.7 Å². The third-order valence-electron chi connectivity index (χ3n) is 11.6. The molecule has 37 heavy (non-hydrogen) atoms. The molecule has 0 saturated heterocycles. The van der Waals surface area contributed by atoms with E-state index in [1.807, 2.05) is 30.3 Å². The van der Waals surface area contributed by atoms with Crippen LogP contribution >= 0.6 is 0 Å². The summed E-state index contributed by atoms with van der Waals surface area (Å²) in [6, 6.07) is 9.37. The first-order valence-electron chi connectivity index (χ1n) is 14.5. The lowest BCUT2D eigenvalue weighted by molar-refractivity contribution is -0.172. The van der Waals surface area contributed by atoms with Crippen molar-refractivity contribution < 1.29 is 23.9 Å². The van der Waals surface area contributed by atoms with Gasteiger partial charge in [0.25, 0.3) is 0 Å². The van der Waals surface area contributed by atoms with Crippen LogP contribution < -0.4 is 0 Å². The summed E-state index contributed by atoms with van der Waals surface area (Å²) >= 11 is 0. The molecule has 1 aromatic carbocycles. The van der Waals surface area contributed by atoms with Gasteiger partial charge in [0.1, 0.15) is 11.9 Å². The van der Waals surface area contributed by atoms with Crippen molar-refractivity contribution in [2.24, 2.45) is 46.3 Å². The first-order valence-corrected chi connectivity index (χ1v) is 14.5. The monoisotopic (exact) mass is 508 g/mol.